The lowest BCUT2D eigenvalue weighted by atomic mass is 9.98. The van der Waals surface area contributed by atoms with Gasteiger partial charge in [-0.3, -0.25) is 10.3 Å². The Kier molecular flexibility index (Phi) is 6.18. The average Bonchev–Trinajstić information content (AvgIpc) is 3.13. The number of urea groups is 1. The summed E-state index contributed by atoms with van der Waals surface area (Å²) in [4.78, 5) is 36.6. The van der Waals surface area contributed by atoms with Crippen LogP contribution >= 0.6 is 11.3 Å². The number of carbonyl (C=O) groups excluding carboxylic acids is 1. The number of nitrogens with one attached hydrogen (secondary N) is 2. The number of aryl methyl sites for hydroxylation is 2. The van der Waals surface area contributed by atoms with Gasteiger partial charge in [-0.15, -0.1) is 11.3 Å². The summed E-state index contributed by atoms with van der Waals surface area (Å²) in [5.41, 5.74) is 3.89. The summed E-state index contributed by atoms with van der Waals surface area (Å²) in [5.74, 6) is -0.668. The predicted molar refractivity (Wildman–Crippen MR) is 112 cm³/mol. The molecule has 0 bridgehead atoms. The molecule has 0 aromatic carbocycles. The van der Waals surface area contributed by atoms with Crippen LogP contribution < -0.4 is 10.6 Å². The van der Waals surface area contributed by atoms with E-state index in [1.165, 1.54) is 17.5 Å². The normalized spacial score (nSPS) is 10.6. The van der Waals surface area contributed by atoms with Crippen molar-refractivity contribution in [3.05, 3.63) is 46.9 Å². The molecule has 0 saturated carbocycles. The second kappa shape index (κ2) is 8.78. The van der Waals surface area contributed by atoms with Crippen LogP contribution in [0, 0.1) is 6.92 Å². The van der Waals surface area contributed by atoms with Crippen molar-refractivity contribution >= 4 is 29.2 Å². The maximum atomic E-state index is 11.9. The Hall–Kier alpha value is -3.33. The van der Waals surface area contributed by atoms with Crippen molar-refractivity contribution in [3.8, 4) is 21.7 Å². The van der Waals surface area contributed by atoms with Crippen LogP contribution in [-0.4, -0.2) is 38.6 Å². The minimum atomic E-state index is -1.05. The van der Waals surface area contributed by atoms with E-state index in [2.05, 4.69) is 25.6 Å². The molecule has 0 atom stereocenters. The summed E-state index contributed by atoms with van der Waals surface area (Å²) in [6.45, 7) is 6.18. The van der Waals surface area contributed by atoms with Gasteiger partial charge in [0.15, 0.2) is 0 Å². The lowest BCUT2D eigenvalue weighted by Crippen LogP contribution is -2.28. The fourth-order valence-electron chi connectivity index (χ4n) is 2.84. The molecule has 3 N–H and O–H groups in total. The Labute approximate surface area is 172 Å². The summed E-state index contributed by atoms with van der Waals surface area (Å²) < 4.78 is 0. The van der Waals surface area contributed by atoms with Crippen LogP contribution in [0.5, 0.6) is 0 Å². The van der Waals surface area contributed by atoms with Gasteiger partial charge in [-0.2, -0.15) is 0 Å². The van der Waals surface area contributed by atoms with Crippen molar-refractivity contribution in [1.82, 2.24) is 20.3 Å². The first-order chi connectivity index (χ1) is 13.9. The molecular formula is C20H21N5O3S. The van der Waals surface area contributed by atoms with Crippen LogP contribution in [0.25, 0.3) is 21.7 Å². The third-order valence-corrected chi connectivity index (χ3v) is 5.17. The summed E-state index contributed by atoms with van der Waals surface area (Å²) >= 11 is 1.47. The Bertz CT molecular complexity index is 1060. The summed E-state index contributed by atoms with van der Waals surface area (Å²) in [6, 6.07) is 3.00. The molecule has 29 heavy (non-hydrogen) atoms. The van der Waals surface area contributed by atoms with Crippen molar-refractivity contribution < 1.29 is 14.7 Å². The van der Waals surface area contributed by atoms with Gasteiger partial charge >= 0.3 is 12.0 Å². The highest BCUT2D eigenvalue weighted by Crippen LogP contribution is 2.36. The zero-order valence-electron chi connectivity index (χ0n) is 16.3. The molecule has 0 saturated heterocycles. The van der Waals surface area contributed by atoms with Gasteiger partial charge in [-0.25, -0.2) is 19.6 Å². The molecule has 0 aliphatic heterocycles. The second-order valence-corrected chi connectivity index (χ2v) is 7.13. The molecule has 9 heteroatoms. The van der Waals surface area contributed by atoms with Gasteiger partial charge in [0.25, 0.3) is 0 Å². The van der Waals surface area contributed by atoms with Gasteiger partial charge in [0.1, 0.15) is 10.8 Å². The standard InChI is InChI=1S/C20H21N5O3S/c1-4-16-13(6-12(8-22-16)19(26)27)15-9-23-17(25-20(28)21-5-2)7-14(15)18-24-11(3)10-29-18/h6-10H,4-5H2,1-3H3,(H,26,27)(H2,21,23,25,28). The zero-order valence-corrected chi connectivity index (χ0v) is 17.1. The molecule has 3 aromatic heterocycles. The number of rotatable bonds is 6. The number of aromatic carboxylic acids is 1. The van der Waals surface area contributed by atoms with Crippen molar-refractivity contribution in [3.63, 3.8) is 0 Å². The van der Waals surface area contributed by atoms with Crippen molar-refractivity contribution in [2.75, 3.05) is 11.9 Å². The maximum absolute atomic E-state index is 11.9. The van der Waals surface area contributed by atoms with E-state index < -0.39 is 5.97 Å². The van der Waals surface area contributed by atoms with E-state index in [0.717, 1.165) is 22.0 Å². The number of carboxylic acid groups (broad SMARTS) is 1. The Morgan fingerprint density at radius 1 is 1.10 bits per heavy atom. The van der Waals surface area contributed by atoms with E-state index in [9.17, 15) is 14.7 Å². The number of nitrogens with zero attached hydrogens (tertiary/aromatic N) is 3. The summed E-state index contributed by atoms with van der Waals surface area (Å²) in [7, 11) is 0. The number of anilines is 1. The van der Waals surface area contributed by atoms with Gasteiger partial charge in [-0.1, -0.05) is 6.92 Å². The minimum Gasteiger partial charge on any atom is -0.478 e. The highest BCUT2D eigenvalue weighted by Gasteiger charge is 2.18. The van der Waals surface area contributed by atoms with Gasteiger partial charge in [0.2, 0.25) is 0 Å². The molecule has 0 unspecified atom stereocenters. The first kappa shape index (κ1) is 20.4. The van der Waals surface area contributed by atoms with E-state index in [1.54, 1.807) is 18.3 Å². The molecule has 3 rings (SSSR count). The van der Waals surface area contributed by atoms with Crippen LogP contribution in [0.4, 0.5) is 10.6 Å². The van der Waals surface area contributed by atoms with Crippen LogP contribution in [0.3, 0.4) is 0 Å². The number of pyridine rings is 2. The third-order valence-electron chi connectivity index (χ3n) is 4.17. The van der Waals surface area contributed by atoms with Crippen LogP contribution in [-0.2, 0) is 6.42 Å². The zero-order chi connectivity index (χ0) is 21.0. The minimum absolute atomic E-state index is 0.1000. The summed E-state index contributed by atoms with van der Waals surface area (Å²) in [5, 5.41) is 17.4. The Balaban J connectivity index is 2.17. The molecule has 2 amide bonds. The van der Waals surface area contributed by atoms with Crippen LogP contribution in [0.15, 0.2) is 29.9 Å². The van der Waals surface area contributed by atoms with Crippen LogP contribution in [0.1, 0.15) is 35.6 Å². The number of aromatic nitrogens is 3. The molecule has 3 aromatic rings. The van der Waals surface area contributed by atoms with E-state index in [0.29, 0.717) is 29.9 Å². The molecule has 0 aliphatic carbocycles. The van der Waals surface area contributed by atoms with E-state index in [-0.39, 0.29) is 11.6 Å². The lowest BCUT2D eigenvalue weighted by Gasteiger charge is -2.14. The number of thiazole rings is 1. The largest absolute Gasteiger partial charge is 0.478 e. The van der Waals surface area contributed by atoms with Gasteiger partial charge < -0.3 is 10.4 Å². The molecule has 0 aliphatic rings. The number of hydrogen-bond acceptors (Lipinski definition) is 6. The highest BCUT2D eigenvalue weighted by atomic mass is 32.1. The molecule has 0 spiro atoms. The molecule has 0 fully saturated rings. The smallest absolute Gasteiger partial charge is 0.337 e. The fraction of sp³-hybridized carbons (Fsp3) is 0.250. The monoisotopic (exact) mass is 411 g/mol. The summed E-state index contributed by atoms with van der Waals surface area (Å²) in [6.07, 6.45) is 3.61. The number of hydrogen-bond donors (Lipinski definition) is 3. The quantitative estimate of drug-likeness (QED) is 0.565. The van der Waals surface area contributed by atoms with Crippen molar-refractivity contribution in [2.24, 2.45) is 0 Å². The SMILES string of the molecule is CCNC(=O)Nc1cc(-c2nc(C)cs2)c(-c2cc(C(=O)O)cnc2CC)cn1. The Morgan fingerprint density at radius 2 is 1.90 bits per heavy atom. The van der Waals surface area contributed by atoms with Gasteiger partial charge in [0, 0.05) is 52.4 Å². The van der Waals surface area contributed by atoms with E-state index in [1.807, 2.05) is 26.2 Å². The highest BCUT2D eigenvalue weighted by molar-refractivity contribution is 7.13. The van der Waals surface area contributed by atoms with Gasteiger partial charge in [0.05, 0.1) is 5.56 Å². The molecule has 8 nitrogen and oxygen atoms in total. The van der Waals surface area contributed by atoms with Gasteiger partial charge in [-0.05, 0) is 32.4 Å². The second-order valence-electron chi connectivity index (χ2n) is 6.27. The topological polar surface area (TPSA) is 117 Å². The van der Waals surface area contributed by atoms with Crippen molar-refractivity contribution in [2.45, 2.75) is 27.2 Å². The molecule has 150 valence electrons. The van der Waals surface area contributed by atoms with Crippen LogP contribution in [0.2, 0.25) is 0 Å². The maximum Gasteiger partial charge on any atom is 0.337 e. The first-order valence-electron chi connectivity index (χ1n) is 9.12. The predicted octanol–water partition coefficient (Wildman–Crippen LogP) is 3.98. The number of carboxylic acids is 1. The Morgan fingerprint density at radius 3 is 2.52 bits per heavy atom. The molecule has 3 heterocycles. The third kappa shape index (κ3) is 4.57. The fourth-order valence-corrected chi connectivity index (χ4v) is 3.67. The van der Waals surface area contributed by atoms with E-state index >= 15 is 0 Å². The lowest BCUT2D eigenvalue weighted by molar-refractivity contribution is 0.0696. The number of carbonyl (C=O) groups is 2. The number of amides is 2. The van der Waals surface area contributed by atoms with E-state index in [4.69, 9.17) is 0 Å². The molecular weight excluding hydrogens is 390 g/mol. The average molecular weight is 411 g/mol. The van der Waals surface area contributed by atoms with Crippen molar-refractivity contribution in [1.29, 1.82) is 0 Å². The molecule has 0 radical (unpaired) electrons. The first-order valence-corrected chi connectivity index (χ1v) is 10.0.